The molecule has 0 aliphatic carbocycles. The number of fused-ring (bicyclic) bond motifs is 1. The highest BCUT2D eigenvalue weighted by atomic mass is 32.1. The van der Waals surface area contributed by atoms with E-state index in [2.05, 4.69) is 35.8 Å². The summed E-state index contributed by atoms with van der Waals surface area (Å²) in [5.74, 6) is 0.809. The molecule has 9 nitrogen and oxygen atoms in total. The van der Waals surface area contributed by atoms with Gasteiger partial charge in [0.25, 0.3) is 5.56 Å². The number of aryl methyl sites for hydroxylation is 2. The summed E-state index contributed by atoms with van der Waals surface area (Å²) >= 11 is 1.50. The predicted molar refractivity (Wildman–Crippen MR) is 86.8 cm³/mol. The van der Waals surface area contributed by atoms with Gasteiger partial charge in [-0.1, -0.05) is 0 Å². The lowest BCUT2D eigenvalue weighted by Gasteiger charge is -2.05. The number of aromatic amines is 2. The van der Waals surface area contributed by atoms with E-state index in [1.54, 1.807) is 0 Å². The molecule has 120 valence electrons. The van der Waals surface area contributed by atoms with E-state index >= 15 is 0 Å². The third-order valence-electron chi connectivity index (χ3n) is 3.38. The summed E-state index contributed by atoms with van der Waals surface area (Å²) in [6.45, 7) is 4.22. The van der Waals surface area contributed by atoms with Gasteiger partial charge in [-0.15, -0.1) is 11.3 Å². The first-order chi connectivity index (χ1) is 11.0. The average molecular weight is 333 g/mol. The number of urea groups is 1. The number of rotatable bonds is 4. The maximum absolute atomic E-state index is 12.1. The minimum atomic E-state index is -0.409. The minimum absolute atomic E-state index is 0.141. The van der Waals surface area contributed by atoms with Gasteiger partial charge in [-0.2, -0.15) is 10.1 Å². The molecule has 0 unspecified atom stereocenters. The molecular weight excluding hydrogens is 318 g/mol. The maximum atomic E-state index is 12.1. The number of nitrogens with zero attached hydrogens (tertiary/aromatic N) is 3. The highest BCUT2D eigenvalue weighted by Gasteiger charge is 2.12. The first-order valence-corrected chi connectivity index (χ1v) is 7.75. The molecular formula is C13H15N7O2S. The van der Waals surface area contributed by atoms with E-state index in [4.69, 9.17) is 0 Å². The van der Waals surface area contributed by atoms with Crippen molar-refractivity contribution in [3.05, 3.63) is 32.9 Å². The molecule has 0 saturated heterocycles. The highest BCUT2D eigenvalue weighted by Crippen LogP contribution is 2.25. The van der Waals surface area contributed by atoms with Gasteiger partial charge in [-0.05, 0) is 19.4 Å². The minimum Gasteiger partial charge on any atom is -0.337 e. The van der Waals surface area contributed by atoms with Crippen molar-refractivity contribution in [2.75, 3.05) is 11.9 Å². The van der Waals surface area contributed by atoms with E-state index in [9.17, 15) is 9.59 Å². The number of anilines is 1. The standard InChI is InChI=1S/C13H15N7O2S/c1-6-7(2)23-11-9(6)10(21)17-8(18-11)3-4-14-13(22)19-12-15-5-16-20-12/h5H,3-4H2,1-2H3,(H,17,18,21)(H3,14,15,16,19,20,22). The number of carbonyl (C=O) groups excluding carboxylic acids is 1. The number of H-pyrrole nitrogens is 2. The van der Waals surface area contributed by atoms with Crippen molar-refractivity contribution >= 4 is 33.5 Å². The molecule has 0 bridgehead atoms. The number of hydrogen-bond donors (Lipinski definition) is 4. The monoisotopic (exact) mass is 333 g/mol. The number of nitrogens with one attached hydrogen (secondary N) is 4. The molecule has 3 aromatic rings. The van der Waals surface area contributed by atoms with Crippen LogP contribution in [0.5, 0.6) is 0 Å². The van der Waals surface area contributed by atoms with Gasteiger partial charge in [0.2, 0.25) is 5.95 Å². The second-order valence-electron chi connectivity index (χ2n) is 4.94. The van der Waals surface area contributed by atoms with Crippen LogP contribution in [0.2, 0.25) is 0 Å². The molecule has 0 fully saturated rings. The van der Waals surface area contributed by atoms with E-state index in [0.717, 1.165) is 15.3 Å². The number of carbonyl (C=O) groups is 1. The fourth-order valence-electron chi connectivity index (χ4n) is 2.13. The summed E-state index contributed by atoms with van der Waals surface area (Å²) in [4.78, 5) is 36.6. The Bertz CT molecular complexity index is 897. The summed E-state index contributed by atoms with van der Waals surface area (Å²) in [5.41, 5.74) is 0.827. The second kappa shape index (κ2) is 6.16. The largest absolute Gasteiger partial charge is 0.337 e. The number of aromatic nitrogens is 5. The normalized spacial score (nSPS) is 10.9. The predicted octanol–water partition coefficient (Wildman–Crippen LogP) is 1.08. The summed E-state index contributed by atoms with van der Waals surface area (Å²) < 4.78 is 0. The van der Waals surface area contributed by atoms with Gasteiger partial charge in [-0.3, -0.25) is 10.1 Å². The molecule has 23 heavy (non-hydrogen) atoms. The van der Waals surface area contributed by atoms with E-state index in [1.807, 2.05) is 13.8 Å². The summed E-state index contributed by atoms with van der Waals surface area (Å²) in [6.07, 6.45) is 1.72. The van der Waals surface area contributed by atoms with Crippen molar-refractivity contribution in [3.8, 4) is 0 Å². The Morgan fingerprint density at radius 2 is 2.22 bits per heavy atom. The SMILES string of the molecule is Cc1sc2nc(CCNC(=O)Nc3ncn[nH]3)[nH]c(=O)c2c1C. The van der Waals surface area contributed by atoms with Crippen molar-refractivity contribution in [3.63, 3.8) is 0 Å². The lowest BCUT2D eigenvalue weighted by Crippen LogP contribution is -2.31. The molecule has 4 N–H and O–H groups in total. The number of hydrogen-bond acceptors (Lipinski definition) is 6. The Morgan fingerprint density at radius 1 is 1.39 bits per heavy atom. The molecule has 0 aliphatic heterocycles. The Balaban J connectivity index is 1.63. The van der Waals surface area contributed by atoms with Crippen LogP contribution in [-0.2, 0) is 6.42 Å². The number of thiophene rings is 1. The van der Waals surface area contributed by atoms with Crippen molar-refractivity contribution in [2.24, 2.45) is 0 Å². The average Bonchev–Trinajstić information content (AvgIpc) is 3.08. The van der Waals surface area contributed by atoms with Gasteiger partial charge < -0.3 is 10.3 Å². The quantitative estimate of drug-likeness (QED) is 0.568. The molecule has 0 atom stereocenters. The van der Waals surface area contributed by atoms with E-state index < -0.39 is 6.03 Å². The van der Waals surface area contributed by atoms with Gasteiger partial charge in [-0.25, -0.2) is 14.9 Å². The van der Waals surface area contributed by atoms with Crippen LogP contribution in [-0.4, -0.2) is 37.7 Å². The zero-order chi connectivity index (χ0) is 16.4. The second-order valence-corrected chi connectivity index (χ2v) is 6.14. The third kappa shape index (κ3) is 3.21. The van der Waals surface area contributed by atoms with Crippen LogP contribution >= 0.6 is 11.3 Å². The fraction of sp³-hybridized carbons (Fsp3) is 0.308. The van der Waals surface area contributed by atoms with Crippen molar-refractivity contribution < 1.29 is 4.79 Å². The zero-order valence-electron chi connectivity index (χ0n) is 12.6. The summed E-state index contributed by atoms with van der Waals surface area (Å²) in [6, 6.07) is -0.409. The number of amides is 2. The van der Waals surface area contributed by atoms with Crippen molar-refractivity contribution in [1.82, 2.24) is 30.5 Å². The highest BCUT2D eigenvalue weighted by molar-refractivity contribution is 7.18. The van der Waals surface area contributed by atoms with Crippen molar-refractivity contribution in [1.29, 1.82) is 0 Å². The topological polar surface area (TPSA) is 128 Å². The van der Waals surface area contributed by atoms with E-state index in [1.165, 1.54) is 17.7 Å². The molecule has 0 aliphatic rings. The Kier molecular flexibility index (Phi) is 4.06. The summed E-state index contributed by atoms with van der Waals surface area (Å²) in [7, 11) is 0. The molecule has 0 radical (unpaired) electrons. The Hall–Kier alpha value is -2.75. The lowest BCUT2D eigenvalue weighted by molar-refractivity contribution is 0.252. The molecule has 3 rings (SSSR count). The van der Waals surface area contributed by atoms with Crippen molar-refractivity contribution in [2.45, 2.75) is 20.3 Å². The van der Waals surface area contributed by atoms with Gasteiger partial charge >= 0.3 is 6.03 Å². The van der Waals surface area contributed by atoms with Crippen LogP contribution < -0.4 is 16.2 Å². The van der Waals surface area contributed by atoms with Crippen LogP contribution in [0, 0.1) is 13.8 Å². The van der Waals surface area contributed by atoms with Crippen LogP contribution in [0.1, 0.15) is 16.3 Å². The first-order valence-electron chi connectivity index (χ1n) is 6.93. The molecule has 0 aromatic carbocycles. The lowest BCUT2D eigenvalue weighted by atomic mass is 10.2. The van der Waals surface area contributed by atoms with Gasteiger partial charge in [0.1, 0.15) is 17.0 Å². The van der Waals surface area contributed by atoms with E-state index in [-0.39, 0.29) is 11.5 Å². The van der Waals surface area contributed by atoms with Gasteiger partial charge in [0.15, 0.2) is 0 Å². The maximum Gasteiger partial charge on any atom is 0.321 e. The van der Waals surface area contributed by atoms with Crippen LogP contribution in [0.15, 0.2) is 11.1 Å². The molecule has 3 aromatic heterocycles. The molecule has 0 spiro atoms. The molecule has 3 heterocycles. The molecule has 2 amide bonds. The third-order valence-corrected chi connectivity index (χ3v) is 4.48. The van der Waals surface area contributed by atoms with Crippen LogP contribution in [0.4, 0.5) is 10.7 Å². The van der Waals surface area contributed by atoms with E-state index in [0.29, 0.717) is 24.2 Å². The zero-order valence-corrected chi connectivity index (χ0v) is 13.4. The first kappa shape index (κ1) is 15.2. The van der Waals surface area contributed by atoms with Gasteiger partial charge in [0.05, 0.1) is 5.39 Å². The van der Waals surface area contributed by atoms with Crippen LogP contribution in [0.25, 0.3) is 10.2 Å². The molecule has 0 saturated carbocycles. The molecule has 10 heteroatoms. The summed E-state index contributed by atoms with van der Waals surface area (Å²) in [5, 5.41) is 11.9. The fourth-order valence-corrected chi connectivity index (χ4v) is 3.18. The van der Waals surface area contributed by atoms with Crippen LogP contribution in [0.3, 0.4) is 0 Å². The Morgan fingerprint density at radius 3 is 2.96 bits per heavy atom. The van der Waals surface area contributed by atoms with Gasteiger partial charge in [0, 0.05) is 17.8 Å². The Labute approximate surface area is 134 Å². The smallest absolute Gasteiger partial charge is 0.321 e.